The number of likely N-dealkylation sites (tertiary alicyclic amines) is 1. The highest BCUT2D eigenvalue weighted by molar-refractivity contribution is 5.51. The van der Waals surface area contributed by atoms with Crippen molar-refractivity contribution in [3.63, 3.8) is 0 Å². The molecule has 0 amide bonds. The van der Waals surface area contributed by atoms with Gasteiger partial charge in [-0.2, -0.15) is 0 Å². The fraction of sp³-hybridized carbons (Fsp3) is 0.450. The van der Waals surface area contributed by atoms with Crippen molar-refractivity contribution >= 4 is 0 Å². The van der Waals surface area contributed by atoms with Gasteiger partial charge in [-0.15, -0.1) is 0 Å². The number of fused-ring (bicyclic) bond motifs is 1. The molecule has 126 valence electrons. The number of ether oxygens (including phenoxy) is 2. The summed E-state index contributed by atoms with van der Waals surface area (Å²) in [5.74, 6) is 1.42. The van der Waals surface area contributed by atoms with Gasteiger partial charge in [0.25, 0.3) is 5.79 Å². The van der Waals surface area contributed by atoms with Crippen molar-refractivity contribution in [2.45, 2.75) is 38.4 Å². The molecule has 1 atom stereocenters. The van der Waals surface area contributed by atoms with Gasteiger partial charge in [0.2, 0.25) is 0 Å². The van der Waals surface area contributed by atoms with Gasteiger partial charge in [-0.25, -0.2) is 0 Å². The first kappa shape index (κ1) is 15.5. The Hall–Kier alpha value is -2.07. The lowest BCUT2D eigenvalue weighted by Gasteiger charge is -2.30. The summed E-state index contributed by atoms with van der Waals surface area (Å²) in [6.45, 7) is 6.24. The highest BCUT2D eigenvalue weighted by atomic mass is 16.7. The molecule has 2 aliphatic rings. The molecule has 3 heterocycles. The van der Waals surface area contributed by atoms with Crippen molar-refractivity contribution in [3.8, 4) is 11.5 Å². The molecular formula is C20H24N2O2. The third-order valence-corrected chi connectivity index (χ3v) is 5.15. The van der Waals surface area contributed by atoms with E-state index >= 15 is 0 Å². The van der Waals surface area contributed by atoms with Gasteiger partial charge in [-0.3, -0.25) is 4.98 Å². The van der Waals surface area contributed by atoms with Crippen LogP contribution in [0.5, 0.6) is 11.5 Å². The smallest absolute Gasteiger partial charge is 0.292 e. The summed E-state index contributed by atoms with van der Waals surface area (Å²) in [6.07, 6.45) is 4.18. The molecular weight excluding hydrogens is 300 g/mol. The van der Waals surface area contributed by atoms with Crippen molar-refractivity contribution in [2.75, 3.05) is 20.1 Å². The average Bonchev–Trinajstić information content (AvgIpc) is 2.93. The van der Waals surface area contributed by atoms with Gasteiger partial charge in [0.15, 0.2) is 11.5 Å². The number of para-hydroxylation sites is 1. The SMILES string of the molecule is Cc1ccc([C@@]2(C)Oc3cccc(C4CCN(C)CC4)c3O2)nc1. The Morgan fingerprint density at radius 2 is 1.92 bits per heavy atom. The second kappa shape index (κ2) is 5.78. The molecule has 0 bridgehead atoms. The highest BCUT2D eigenvalue weighted by Crippen LogP contribution is 2.48. The van der Waals surface area contributed by atoms with Crippen LogP contribution in [0.1, 0.15) is 42.5 Å². The Morgan fingerprint density at radius 3 is 2.62 bits per heavy atom. The lowest BCUT2D eigenvalue weighted by molar-refractivity contribution is -0.0722. The molecule has 4 nitrogen and oxygen atoms in total. The van der Waals surface area contributed by atoms with Crippen molar-refractivity contribution in [1.82, 2.24) is 9.88 Å². The van der Waals surface area contributed by atoms with Crippen LogP contribution in [-0.4, -0.2) is 30.0 Å². The van der Waals surface area contributed by atoms with Gasteiger partial charge in [0, 0.05) is 18.7 Å². The molecule has 0 aliphatic carbocycles. The van der Waals surface area contributed by atoms with E-state index in [0.29, 0.717) is 5.92 Å². The van der Waals surface area contributed by atoms with Crippen molar-refractivity contribution < 1.29 is 9.47 Å². The number of benzene rings is 1. The van der Waals surface area contributed by atoms with Crippen LogP contribution in [0.2, 0.25) is 0 Å². The van der Waals surface area contributed by atoms with E-state index in [1.807, 2.05) is 38.2 Å². The van der Waals surface area contributed by atoms with E-state index in [4.69, 9.17) is 9.47 Å². The number of hydrogen-bond acceptors (Lipinski definition) is 4. The van der Waals surface area contributed by atoms with Gasteiger partial charge in [-0.05, 0) is 63.5 Å². The molecule has 24 heavy (non-hydrogen) atoms. The minimum absolute atomic E-state index is 0.535. The third-order valence-electron chi connectivity index (χ3n) is 5.15. The molecule has 0 unspecified atom stereocenters. The lowest BCUT2D eigenvalue weighted by atomic mass is 9.89. The van der Waals surface area contributed by atoms with Crippen molar-refractivity contribution in [2.24, 2.45) is 0 Å². The van der Waals surface area contributed by atoms with Crippen LogP contribution in [0.25, 0.3) is 0 Å². The monoisotopic (exact) mass is 324 g/mol. The normalized spacial score (nSPS) is 24.3. The van der Waals surface area contributed by atoms with Crippen LogP contribution < -0.4 is 9.47 Å². The lowest BCUT2D eigenvalue weighted by Crippen LogP contribution is -2.33. The van der Waals surface area contributed by atoms with Gasteiger partial charge in [0.05, 0.1) is 0 Å². The van der Waals surface area contributed by atoms with E-state index in [-0.39, 0.29) is 0 Å². The minimum Gasteiger partial charge on any atom is -0.443 e. The van der Waals surface area contributed by atoms with Crippen LogP contribution in [-0.2, 0) is 5.79 Å². The first-order valence-electron chi connectivity index (χ1n) is 8.68. The first-order valence-corrected chi connectivity index (χ1v) is 8.68. The quantitative estimate of drug-likeness (QED) is 0.840. The molecule has 4 heteroatoms. The number of pyridine rings is 1. The summed E-state index contributed by atoms with van der Waals surface area (Å²) in [5, 5.41) is 0. The maximum atomic E-state index is 6.33. The summed E-state index contributed by atoms with van der Waals surface area (Å²) in [4.78, 5) is 6.90. The maximum absolute atomic E-state index is 6.33. The van der Waals surface area contributed by atoms with Crippen LogP contribution in [0, 0.1) is 6.92 Å². The molecule has 1 saturated heterocycles. The molecule has 0 spiro atoms. The molecule has 0 radical (unpaired) electrons. The largest absolute Gasteiger partial charge is 0.443 e. The molecule has 1 aromatic heterocycles. The Bertz CT molecular complexity index is 736. The van der Waals surface area contributed by atoms with E-state index < -0.39 is 5.79 Å². The summed E-state index contributed by atoms with van der Waals surface area (Å²) in [7, 11) is 2.19. The summed E-state index contributed by atoms with van der Waals surface area (Å²) < 4.78 is 12.5. The zero-order chi connectivity index (χ0) is 16.7. The number of nitrogens with zero attached hydrogens (tertiary/aromatic N) is 2. The van der Waals surface area contributed by atoms with E-state index in [9.17, 15) is 0 Å². The number of rotatable bonds is 2. The Balaban J connectivity index is 1.64. The van der Waals surface area contributed by atoms with Crippen LogP contribution in [0.4, 0.5) is 0 Å². The first-order chi connectivity index (χ1) is 11.5. The second-order valence-corrected chi connectivity index (χ2v) is 7.12. The Kier molecular flexibility index (Phi) is 3.72. The number of piperidine rings is 1. The van der Waals surface area contributed by atoms with Crippen LogP contribution in [0.15, 0.2) is 36.5 Å². The van der Waals surface area contributed by atoms with Gasteiger partial charge in [0.1, 0.15) is 5.69 Å². The maximum Gasteiger partial charge on any atom is 0.292 e. The zero-order valence-corrected chi connectivity index (χ0v) is 14.6. The predicted octanol–water partition coefficient (Wildman–Crippen LogP) is 3.84. The second-order valence-electron chi connectivity index (χ2n) is 7.12. The van der Waals surface area contributed by atoms with Crippen molar-refractivity contribution in [3.05, 3.63) is 53.3 Å². The standard InChI is InChI=1S/C20H24N2O2/c1-14-7-8-18(21-13-14)20(2)23-17-6-4-5-16(19(17)24-20)15-9-11-22(3)12-10-15/h4-8,13,15H,9-12H2,1-3H3/t20-/m0/s1. The molecule has 1 aromatic carbocycles. The van der Waals surface area contributed by atoms with Gasteiger partial charge < -0.3 is 14.4 Å². The van der Waals surface area contributed by atoms with E-state index in [1.54, 1.807) is 0 Å². The molecule has 2 aliphatic heterocycles. The average molecular weight is 324 g/mol. The van der Waals surface area contributed by atoms with Crippen LogP contribution in [0.3, 0.4) is 0 Å². The topological polar surface area (TPSA) is 34.6 Å². The molecule has 1 fully saturated rings. The minimum atomic E-state index is -0.850. The predicted molar refractivity (Wildman–Crippen MR) is 93.5 cm³/mol. The van der Waals surface area contributed by atoms with Gasteiger partial charge in [-0.1, -0.05) is 18.2 Å². The Morgan fingerprint density at radius 1 is 1.12 bits per heavy atom. The van der Waals surface area contributed by atoms with E-state index in [0.717, 1.165) is 48.7 Å². The molecule has 2 aromatic rings. The molecule has 0 N–H and O–H groups in total. The fourth-order valence-electron chi connectivity index (χ4n) is 3.63. The third kappa shape index (κ3) is 2.65. The summed E-state index contributed by atoms with van der Waals surface area (Å²) in [5.41, 5.74) is 3.21. The van der Waals surface area contributed by atoms with Crippen molar-refractivity contribution in [1.29, 1.82) is 0 Å². The Labute approximate surface area is 143 Å². The summed E-state index contributed by atoms with van der Waals surface area (Å²) in [6, 6.07) is 10.3. The molecule has 0 saturated carbocycles. The fourth-order valence-corrected chi connectivity index (χ4v) is 3.63. The number of hydrogen-bond donors (Lipinski definition) is 0. The van der Waals surface area contributed by atoms with E-state index in [2.05, 4.69) is 29.1 Å². The highest BCUT2D eigenvalue weighted by Gasteiger charge is 2.42. The van der Waals surface area contributed by atoms with Gasteiger partial charge >= 0.3 is 0 Å². The van der Waals surface area contributed by atoms with E-state index in [1.165, 1.54) is 5.56 Å². The van der Waals surface area contributed by atoms with Crippen LogP contribution >= 0.6 is 0 Å². The molecule has 4 rings (SSSR count). The number of aryl methyl sites for hydroxylation is 1. The summed E-state index contributed by atoms with van der Waals surface area (Å²) >= 11 is 0. The zero-order valence-electron chi connectivity index (χ0n) is 14.6. The number of aromatic nitrogens is 1.